The van der Waals surface area contributed by atoms with Crippen LogP contribution in [0.1, 0.15) is 22.4 Å². The first kappa shape index (κ1) is 18.9. The monoisotopic (exact) mass is 389 g/mol. The highest BCUT2D eigenvalue weighted by molar-refractivity contribution is 5.88. The van der Waals surface area contributed by atoms with Gasteiger partial charge >= 0.3 is 0 Å². The second-order valence-corrected chi connectivity index (χ2v) is 7.15. The maximum atomic E-state index is 14.1. The molecule has 4 aromatic rings. The van der Waals surface area contributed by atoms with E-state index in [0.717, 1.165) is 40.3 Å². The van der Waals surface area contributed by atoms with E-state index in [2.05, 4.69) is 37.7 Å². The van der Waals surface area contributed by atoms with Crippen molar-refractivity contribution in [2.24, 2.45) is 0 Å². The topological polar surface area (TPSA) is 65.6 Å². The van der Waals surface area contributed by atoms with E-state index in [9.17, 15) is 4.39 Å². The molecule has 2 heterocycles. The highest BCUT2D eigenvalue weighted by Crippen LogP contribution is 2.28. The van der Waals surface area contributed by atoms with Crippen LogP contribution in [0.25, 0.3) is 10.9 Å². The molecule has 3 N–H and O–H groups in total. The zero-order chi connectivity index (χ0) is 20.2. The van der Waals surface area contributed by atoms with E-state index in [-0.39, 0.29) is 5.82 Å². The van der Waals surface area contributed by atoms with Gasteiger partial charge in [0.1, 0.15) is 23.8 Å². The van der Waals surface area contributed by atoms with E-state index in [1.165, 1.54) is 11.6 Å². The van der Waals surface area contributed by atoms with Crippen molar-refractivity contribution >= 4 is 22.5 Å². The van der Waals surface area contributed by atoms with E-state index in [4.69, 9.17) is 0 Å². The number of nitrogens with zero attached hydrogens (tertiary/aromatic N) is 2. The van der Waals surface area contributed by atoms with Crippen molar-refractivity contribution in [2.75, 3.05) is 17.2 Å². The van der Waals surface area contributed by atoms with Crippen LogP contribution < -0.4 is 10.6 Å². The zero-order valence-corrected chi connectivity index (χ0v) is 16.6. The van der Waals surface area contributed by atoms with Gasteiger partial charge in [-0.1, -0.05) is 36.4 Å². The van der Waals surface area contributed by atoms with Crippen LogP contribution in [0, 0.1) is 19.7 Å². The number of fused-ring (bicyclic) bond motifs is 1. The third kappa shape index (κ3) is 4.21. The fourth-order valence-corrected chi connectivity index (χ4v) is 3.61. The van der Waals surface area contributed by atoms with Crippen LogP contribution in [0.5, 0.6) is 0 Å². The van der Waals surface area contributed by atoms with Crippen LogP contribution in [0.2, 0.25) is 0 Å². The summed E-state index contributed by atoms with van der Waals surface area (Å²) < 4.78 is 14.1. The Labute approximate surface area is 169 Å². The van der Waals surface area contributed by atoms with E-state index >= 15 is 0 Å². The van der Waals surface area contributed by atoms with Gasteiger partial charge in [0.2, 0.25) is 0 Å². The van der Waals surface area contributed by atoms with E-state index in [1.54, 1.807) is 6.33 Å². The van der Waals surface area contributed by atoms with E-state index < -0.39 is 0 Å². The van der Waals surface area contributed by atoms with Crippen LogP contribution in [0.15, 0.2) is 54.9 Å². The minimum atomic E-state index is -0.210. The summed E-state index contributed by atoms with van der Waals surface area (Å²) in [6.07, 6.45) is 2.32. The van der Waals surface area contributed by atoms with Gasteiger partial charge in [-0.05, 0) is 43.0 Å². The molecular weight excluding hydrogens is 365 g/mol. The van der Waals surface area contributed by atoms with Crippen LogP contribution in [-0.4, -0.2) is 21.5 Å². The van der Waals surface area contributed by atoms with Crippen molar-refractivity contribution in [1.29, 1.82) is 0 Å². The summed E-state index contributed by atoms with van der Waals surface area (Å²) in [6.45, 7) is 5.40. The molecule has 29 heavy (non-hydrogen) atoms. The summed E-state index contributed by atoms with van der Waals surface area (Å²) in [4.78, 5) is 11.8. The van der Waals surface area contributed by atoms with Crippen LogP contribution in [0.4, 0.5) is 16.0 Å². The van der Waals surface area contributed by atoms with Gasteiger partial charge in [0, 0.05) is 30.2 Å². The van der Waals surface area contributed by atoms with Crippen molar-refractivity contribution in [3.8, 4) is 0 Å². The van der Waals surface area contributed by atoms with Crippen molar-refractivity contribution in [3.05, 3.63) is 83.1 Å². The number of H-pyrrole nitrogens is 1. The number of hydrogen-bond acceptors (Lipinski definition) is 4. The fourth-order valence-electron chi connectivity index (χ4n) is 3.61. The summed E-state index contributed by atoms with van der Waals surface area (Å²) in [5, 5.41) is 7.65. The molecule has 0 aliphatic heterocycles. The first-order valence-corrected chi connectivity index (χ1v) is 9.72. The highest BCUT2D eigenvalue weighted by Gasteiger charge is 2.13. The molecule has 0 amide bonds. The minimum Gasteiger partial charge on any atom is -0.370 e. The van der Waals surface area contributed by atoms with Gasteiger partial charge in [-0.15, -0.1) is 0 Å². The Kier molecular flexibility index (Phi) is 5.42. The lowest BCUT2D eigenvalue weighted by atomic mass is 10.0. The molecule has 0 aliphatic rings. The third-order valence-electron chi connectivity index (χ3n) is 5.09. The quantitative estimate of drug-likeness (QED) is 0.417. The predicted molar refractivity (Wildman–Crippen MR) is 116 cm³/mol. The fraction of sp³-hybridized carbons (Fsp3) is 0.217. The Morgan fingerprint density at radius 2 is 1.72 bits per heavy atom. The Balaban J connectivity index is 1.41. The standard InChI is InChI=1S/C23H24FN5/c1-15-8-9-19(24)23-22(15)18(16(2)29-23)10-11-25-20-12-21(28-14-27-20)26-13-17-6-4-3-5-7-17/h3-9,12,14,29H,10-11,13H2,1-2H3,(H2,25,26,27,28). The average molecular weight is 389 g/mol. The van der Waals surface area contributed by atoms with Crippen molar-refractivity contribution in [3.63, 3.8) is 0 Å². The van der Waals surface area contributed by atoms with Gasteiger partial charge in [-0.25, -0.2) is 14.4 Å². The first-order valence-electron chi connectivity index (χ1n) is 9.72. The molecule has 4 rings (SSSR count). The average Bonchev–Trinajstić information content (AvgIpc) is 3.08. The number of nitrogens with one attached hydrogen (secondary N) is 3. The Morgan fingerprint density at radius 1 is 0.966 bits per heavy atom. The molecule has 0 atom stereocenters. The smallest absolute Gasteiger partial charge is 0.147 e. The van der Waals surface area contributed by atoms with E-state index in [1.807, 2.05) is 44.2 Å². The molecule has 0 saturated heterocycles. The first-order chi connectivity index (χ1) is 14.1. The summed E-state index contributed by atoms with van der Waals surface area (Å²) in [5.41, 5.74) is 5.00. The molecule has 6 heteroatoms. The lowest BCUT2D eigenvalue weighted by molar-refractivity contribution is 0.637. The normalized spacial score (nSPS) is 11.0. The zero-order valence-electron chi connectivity index (χ0n) is 16.6. The molecule has 148 valence electrons. The maximum absolute atomic E-state index is 14.1. The Hall–Kier alpha value is -3.41. The van der Waals surface area contributed by atoms with Gasteiger partial charge in [0.05, 0.1) is 5.52 Å². The van der Waals surface area contributed by atoms with Gasteiger partial charge in [-0.2, -0.15) is 0 Å². The summed E-state index contributed by atoms with van der Waals surface area (Å²) in [5.74, 6) is 1.32. The molecular formula is C23H24FN5. The second kappa shape index (κ2) is 8.31. The molecule has 5 nitrogen and oxygen atoms in total. The highest BCUT2D eigenvalue weighted by atomic mass is 19.1. The molecule has 0 bridgehead atoms. The number of benzene rings is 2. The van der Waals surface area contributed by atoms with Crippen molar-refractivity contribution < 1.29 is 4.39 Å². The summed E-state index contributed by atoms with van der Waals surface area (Å²) >= 11 is 0. The number of aromatic amines is 1. The van der Waals surface area contributed by atoms with Gasteiger partial charge in [0.15, 0.2) is 0 Å². The molecule has 0 fully saturated rings. The maximum Gasteiger partial charge on any atom is 0.147 e. The number of hydrogen-bond donors (Lipinski definition) is 3. The lowest BCUT2D eigenvalue weighted by Crippen LogP contribution is -2.08. The van der Waals surface area contributed by atoms with Crippen molar-refractivity contribution in [2.45, 2.75) is 26.8 Å². The Bertz CT molecular complexity index is 1120. The van der Waals surface area contributed by atoms with Gasteiger partial charge in [0.25, 0.3) is 0 Å². The van der Waals surface area contributed by atoms with Gasteiger partial charge < -0.3 is 15.6 Å². The SMILES string of the molecule is Cc1[nH]c2c(F)ccc(C)c2c1CCNc1cc(NCc2ccccc2)ncn1. The molecule has 2 aromatic carbocycles. The number of aryl methyl sites for hydroxylation is 2. The minimum absolute atomic E-state index is 0.210. The van der Waals surface area contributed by atoms with Crippen LogP contribution >= 0.6 is 0 Å². The number of halogens is 1. The molecule has 2 aromatic heterocycles. The number of anilines is 2. The van der Waals surface area contributed by atoms with Gasteiger partial charge in [-0.3, -0.25) is 0 Å². The molecule has 0 aliphatic carbocycles. The molecule has 0 radical (unpaired) electrons. The van der Waals surface area contributed by atoms with Crippen LogP contribution in [-0.2, 0) is 13.0 Å². The van der Waals surface area contributed by atoms with Crippen molar-refractivity contribution in [1.82, 2.24) is 15.0 Å². The number of rotatable bonds is 7. The summed E-state index contributed by atoms with van der Waals surface area (Å²) in [6, 6.07) is 15.4. The Morgan fingerprint density at radius 3 is 2.52 bits per heavy atom. The largest absolute Gasteiger partial charge is 0.370 e. The lowest BCUT2D eigenvalue weighted by Gasteiger charge is -2.09. The predicted octanol–water partition coefficient (Wildman–Crippen LogP) is 4.98. The number of aromatic nitrogens is 3. The molecule has 0 spiro atoms. The van der Waals surface area contributed by atoms with E-state index in [0.29, 0.717) is 18.6 Å². The second-order valence-electron chi connectivity index (χ2n) is 7.15. The molecule has 0 saturated carbocycles. The summed E-state index contributed by atoms with van der Waals surface area (Å²) in [7, 11) is 0. The van der Waals surface area contributed by atoms with Crippen LogP contribution in [0.3, 0.4) is 0 Å². The third-order valence-corrected chi connectivity index (χ3v) is 5.09. The molecule has 0 unspecified atom stereocenters.